The Morgan fingerprint density at radius 2 is 1.68 bits per heavy atom. The standard InChI is InChI=1S/C18H20N2O7S/c1-19-28(23,24)16-10-12(4-9-15(16)26-3)18(22)27-11-17(21)20-13-5-7-14(25-2)8-6-13/h4-10,19H,11H2,1-3H3,(H,20,21). The molecule has 0 aliphatic rings. The molecule has 0 aromatic heterocycles. The van der Waals surface area contributed by atoms with Crippen molar-refractivity contribution in [1.82, 2.24) is 4.72 Å². The summed E-state index contributed by atoms with van der Waals surface area (Å²) in [5.74, 6) is -0.686. The van der Waals surface area contributed by atoms with Gasteiger partial charge in [0.1, 0.15) is 16.4 Å². The van der Waals surface area contributed by atoms with Crippen LogP contribution in [-0.2, 0) is 19.6 Å². The third-order valence-corrected chi connectivity index (χ3v) is 5.10. The molecule has 0 atom stereocenters. The van der Waals surface area contributed by atoms with E-state index in [1.165, 1.54) is 33.4 Å². The van der Waals surface area contributed by atoms with E-state index in [4.69, 9.17) is 14.2 Å². The van der Waals surface area contributed by atoms with Crippen molar-refractivity contribution in [3.8, 4) is 11.5 Å². The largest absolute Gasteiger partial charge is 0.497 e. The van der Waals surface area contributed by atoms with Gasteiger partial charge in [-0.05, 0) is 49.5 Å². The average Bonchev–Trinajstić information content (AvgIpc) is 2.72. The van der Waals surface area contributed by atoms with E-state index >= 15 is 0 Å². The first-order chi connectivity index (χ1) is 13.3. The molecule has 2 aromatic rings. The smallest absolute Gasteiger partial charge is 0.338 e. The zero-order valence-corrected chi connectivity index (χ0v) is 16.3. The van der Waals surface area contributed by atoms with E-state index in [1.807, 2.05) is 0 Å². The summed E-state index contributed by atoms with van der Waals surface area (Å²) in [5, 5.41) is 2.57. The van der Waals surface area contributed by atoms with E-state index in [0.717, 1.165) is 6.07 Å². The molecule has 0 saturated heterocycles. The first kappa shape index (κ1) is 21.2. The number of carbonyl (C=O) groups excluding carboxylic acids is 2. The van der Waals surface area contributed by atoms with Crippen molar-refractivity contribution in [3.63, 3.8) is 0 Å². The summed E-state index contributed by atoms with van der Waals surface area (Å²) in [6, 6.07) is 10.4. The Morgan fingerprint density at radius 3 is 2.25 bits per heavy atom. The maximum Gasteiger partial charge on any atom is 0.338 e. The summed E-state index contributed by atoms with van der Waals surface area (Å²) in [6.07, 6.45) is 0. The number of carbonyl (C=O) groups is 2. The summed E-state index contributed by atoms with van der Waals surface area (Å²) in [5.41, 5.74) is 0.473. The molecule has 2 rings (SSSR count). The molecule has 0 spiro atoms. The second-order valence-electron chi connectivity index (χ2n) is 5.43. The van der Waals surface area contributed by atoms with E-state index < -0.39 is 28.5 Å². The van der Waals surface area contributed by atoms with Crippen LogP contribution in [0.25, 0.3) is 0 Å². The molecule has 0 aliphatic heterocycles. The van der Waals surface area contributed by atoms with Crippen molar-refractivity contribution in [2.45, 2.75) is 4.90 Å². The Labute approximate surface area is 162 Å². The fourth-order valence-corrected chi connectivity index (χ4v) is 3.13. The number of sulfonamides is 1. The minimum Gasteiger partial charge on any atom is -0.497 e. The Balaban J connectivity index is 2.04. The SMILES string of the molecule is CNS(=O)(=O)c1cc(C(=O)OCC(=O)Nc2ccc(OC)cc2)ccc1OC. The van der Waals surface area contributed by atoms with Crippen LogP contribution in [0.1, 0.15) is 10.4 Å². The zero-order valence-electron chi connectivity index (χ0n) is 15.5. The van der Waals surface area contributed by atoms with Gasteiger partial charge in [-0.2, -0.15) is 0 Å². The number of amides is 1. The van der Waals surface area contributed by atoms with Gasteiger partial charge in [-0.1, -0.05) is 0 Å². The summed E-state index contributed by atoms with van der Waals surface area (Å²) in [6.45, 7) is -0.537. The van der Waals surface area contributed by atoms with Crippen molar-refractivity contribution < 1.29 is 32.2 Å². The molecule has 0 aliphatic carbocycles. The fourth-order valence-electron chi connectivity index (χ4n) is 2.21. The maximum atomic E-state index is 12.2. The third kappa shape index (κ3) is 5.21. The Morgan fingerprint density at radius 1 is 1.00 bits per heavy atom. The highest BCUT2D eigenvalue weighted by Gasteiger charge is 2.21. The lowest BCUT2D eigenvalue weighted by Crippen LogP contribution is -2.22. The van der Waals surface area contributed by atoms with Crippen LogP contribution in [0.5, 0.6) is 11.5 Å². The van der Waals surface area contributed by atoms with Gasteiger partial charge in [0, 0.05) is 5.69 Å². The highest BCUT2D eigenvalue weighted by molar-refractivity contribution is 7.89. The van der Waals surface area contributed by atoms with Crippen molar-refractivity contribution in [2.75, 3.05) is 33.2 Å². The van der Waals surface area contributed by atoms with Crippen LogP contribution >= 0.6 is 0 Å². The third-order valence-electron chi connectivity index (χ3n) is 3.67. The number of hydrogen-bond donors (Lipinski definition) is 2. The molecule has 0 unspecified atom stereocenters. The van der Waals surface area contributed by atoms with Gasteiger partial charge < -0.3 is 19.5 Å². The molecule has 0 bridgehead atoms. The number of hydrogen-bond acceptors (Lipinski definition) is 7. The van der Waals surface area contributed by atoms with Crippen LogP contribution in [-0.4, -0.2) is 48.2 Å². The molecular formula is C18H20N2O7S. The second-order valence-corrected chi connectivity index (χ2v) is 7.28. The monoisotopic (exact) mass is 408 g/mol. The van der Waals surface area contributed by atoms with E-state index in [0.29, 0.717) is 11.4 Å². The summed E-state index contributed by atoms with van der Waals surface area (Å²) in [4.78, 5) is 23.9. The van der Waals surface area contributed by atoms with Crippen LogP contribution in [0.2, 0.25) is 0 Å². The summed E-state index contributed by atoms with van der Waals surface area (Å²) >= 11 is 0. The van der Waals surface area contributed by atoms with Crippen molar-refractivity contribution in [3.05, 3.63) is 48.0 Å². The van der Waals surface area contributed by atoms with E-state index in [-0.39, 0.29) is 16.2 Å². The molecule has 0 saturated carbocycles. The van der Waals surface area contributed by atoms with Crippen LogP contribution in [0.4, 0.5) is 5.69 Å². The van der Waals surface area contributed by atoms with Crippen LogP contribution < -0.4 is 19.5 Å². The highest BCUT2D eigenvalue weighted by atomic mass is 32.2. The molecule has 0 heterocycles. The number of benzene rings is 2. The molecule has 0 radical (unpaired) electrons. The van der Waals surface area contributed by atoms with Crippen molar-refractivity contribution >= 4 is 27.6 Å². The van der Waals surface area contributed by atoms with Gasteiger partial charge in [-0.3, -0.25) is 4.79 Å². The van der Waals surface area contributed by atoms with Crippen molar-refractivity contribution in [2.24, 2.45) is 0 Å². The topological polar surface area (TPSA) is 120 Å². The van der Waals surface area contributed by atoms with Crippen LogP contribution in [0.15, 0.2) is 47.4 Å². The molecule has 1 amide bonds. The predicted octanol–water partition coefficient (Wildman–Crippen LogP) is 1.41. The van der Waals surface area contributed by atoms with E-state index in [9.17, 15) is 18.0 Å². The molecule has 2 aromatic carbocycles. The average molecular weight is 408 g/mol. The van der Waals surface area contributed by atoms with E-state index in [2.05, 4.69) is 10.0 Å². The number of ether oxygens (including phenoxy) is 3. The fraction of sp³-hybridized carbons (Fsp3) is 0.222. The number of esters is 1. The maximum absolute atomic E-state index is 12.2. The number of anilines is 1. The van der Waals surface area contributed by atoms with Gasteiger partial charge in [0.15, 0.2) is 6.61 Å². The van der Waals surface area contributed by atoms with Crippen molar-refractivity contribution in [1.29, 1.82) is 0 Å². The summed E-state index contributed by atoms with van der Waals surface area (Å²) in [7, 11) is 0.231. The zero-order chi connectivity index (χ0) is 20.7. The first-order valence-corrected chi connectivity index (χ1v) is 9.51. The molecule has 2 N–H and O–H groups in total. The number of nitrogens with one attached hydrogen (secondary N) is 2. The highest BCUT2D eigenvalue weighted by Crippen LogP contribution is 2.25. The normalized spacial score (nSPS) is 10.8. The van der Waals surface area contributed by atoms with Crippen LogP contribution in [0.3, 0.4) is 0 Å². The minimum atomic E-state index is -3.85. The predicted molar refractivity (Wildman–Crippen MR) is 101 cm³/mol. The molecular weight excluding hydrogens is 388 g/mol. The molecule has 10 heteroatoms. The Bertz CT molecular complexity index is 956. The van der Waals surface area contributed by atoms with Crippen LogP contribution in [0, 0.1) is 0 Å². The quantitative estimate of drug-likeness (QED) is 0.634. The van der Waals surface area contributed by atoms with Gasteiger partial charge in [-0.25, -0.2) is 17.9 Å². The minimum absolute atomic E-state index is 0.0353. The van der Waals surface area contributed by atoms with Gasteiger partial charge in [-0.15, -0.1) is 0 Å². The summed E-state index contributed by atoms with van der Waals surface area (Å²) < 4.78 is 41.2. The Kier molecular flexibility index (Phi) is 6.96. The second kappa shape index (κ2) is 9.20. The number of rotatable bonds is 8. The lowest BCUT2D eigenvalue weighted by atomic mass is 10.2. The van der Waals surface area contributed by atoms with E-state index in [1.54, 1.807) is 24.3 Å². The lowest BCUT2D eigenvalue weighted by molar-refractivity contribution is -0.119. The van der Waals surface area contributed by atoms with Gasteiger partial charge in [0.05, 0.1) is 19.8 Å². The molecule has 9 nitrogen and oxygen atoms in total. The van der Waals surface area contributed by atoms with Gasteiger partial charge >= 0.3 is 5.97 Å². The molecule has 28 heavy (non-hydrogen) atoms. The first-order valence-electron chi connectivity index (χ1n) is 8.03. The van der Waals surface area contributed by atoms with Gasteiger partial charge in [0.2, 0.25) is 10.0 Å². The molecule has 150 valence electrons. The Hall–Kier alpha value is -3.11. The number of methoxy groups -OCH3 is 2. The molecule has 0 fully saturated rings. The van der Waals surface area contributed by atoms with Gasteiger partial charge in [0.25, 0.3) is 5.91 Å². The lowest BCUT2D eigenvalue weighted by Gasteiger charge is -2.11.